The minimum Gasteiger partial charge on any atom is -0.166 e. The molecule has 1 aromatic rings. The standard InChI is InChI=1S/C11H10F6S/c1-3-6-7(10(12,13)14)4-5-8(9(6)18-2)11(15,16)17/h4-5H,3H2,1-2H3. The highest BCUT2D eigenvalue weighted by molar-refractivity contribution is 7.98. The minimum atomic E-state index is -4.65. The van der Waals surface area contributed by atoms with Gasteiger partial charge in [-0.3, -0.25) is 0 Å². The molecular formula is C11H10F6S. The van der Waals surface area contributed by atoms with E-state index in [0.29, 0.717) is 23.9 Å². The highest BCUT2D eigenvalue weighted by atomic mass is 32.2. The van der Waals surface area contributed by atoms with Crippen molar-refractivity contribution in [1.82, 2.24) is 0 Å². The number of rotatable bonds is 2. The third-order valence-corrected chi connectivity index (χ3v) is 3.30. The lowest BCUT2D eigenvalue weighted by atomic mass is 10.0. The Morgan fingerprint density at radius 1 is 0.944 bits per heavy atom. The Kier molecular flexibility index (Phi) is 4.25. The predicted molar refractivity (Wildman–Crippen MR) is 57.6 cm³/mol. The molecule has 0 fully saturated rings. The molecule has 0 N–H and O–H groups in total. The first-order valence-corrected chi connectivity index (χ1v) is 6.19. The van der Waals surface area contributed by atoms with Gasteiger partial charge >= 0.3 is 12.4 Å². The lowest BCUT2D eigenvalue weighted by Crippen LogP contribution is -2.14. The number of thioether (sulfide) groups is 1. The van der Waals surface area contributed by atoms with Gasteiger partial charge in [-0.25, -0.2) is 0 Å². The maximum atomic E-state index is 12.7. The molecule has 1 aromatic carbocycles. The van der Waals surface area contributed by atoms with E-state index in [1.165, 1.54) is 13.2 Å². The van der Waals surface area contributed by atoms with Gasteiger partial charge in [0.15, 0.2) is 0 Å². The van der Waals surface area contributed by atoms with Crippen LogP contribution in [0.2, 0.25) is 0 Å². The summed E-state index contributed by atoms with van der Waals surface area (Å²) < 4.78 is 76.1. The zero-order valence-corrected chi connectivity index (χ0v) is 10.4. The van der Waals surface area contributed by atoms with Gasteiger partial charge in [0, 0.05) is 4.90 Å². The SMILES string of the molecule is CCc1c(C(F)(F)F)ccc(C(F)(F)F)c1SC. The number of halogens is 6. The third-order valence-electron chi connectivity index (χ3n) is 2.43. The van der Waals surface area contributed by atoms with E-state index in [1.807, 2.05) is 0 Å². The fraction of sp³-hybridized carbons (Fsp3) is 0.455. The van der Waals surface area contributed by atoms with Crippen LogP contribution in [0.5, 0.6) is 0 Å². The van der Waals surface area contributed by atoms with Crippen LogP contribution in [0.4, 0.5) is 26.3 Å². The monoisotopic (exact) mass is 288 g/mol. The first-order chi connectivity index (χ1) is 8.12. The summed E-state index contributed by atoms with van der Waals surface area (Å²) >= 11 is 0.684. The van der Waals surface area contributed by atoms with Crippen molar-refractivity contribution < 1.29 is 26.3 Å². The van der Waals surface area contributed by atoms with Gasteiger partial charge < -0.3 is 0 Å². The van der Waals surface area contributed by atoms with Gasteiger partial charge in [-0.05, 0) is 30.4 Å². The van der Waals surface area contributed by atoms with Crippen molar-refractivity contribution in [1.29, 1.82) is 0 Å². The molecule has 0 saturated carbocycles. The number of alkyl halides is 6. The highest BCUT2D eigenvalue weighted by Crippen LogP contribution is 2.43. The topological polar surface area (TPSA) is 0 Å². The van der Waals surface area contributed by atoms with E-state index >= 15 is 0 Å². The molecule has 7 heteroatoms. The van der Waals surface area contributed by atoms with Crippen LogP contribution >= 0.6 is 11.8 Å². The molecule has 0 nitrogen and oxygen atoms in total. The number of hydrogen-bond donors (Lipinski definition) is 0. The lowest BCUT2D eigenvalue weighted by Gasteiger charge is -2.19. The minimum absolute atomic E-state index is 0.102. The van der Waals surface area contributed by atoms with E-state index in [2.05, 4.69) is 0 Å². The zero-order valence-electron chi connectivity index (χ0n) is 9.54. The molecule has 0 spiro atoms. The molecule has 0 heterocycles. The van der Waals surface area contributed by atoms with Crippen molar-refractivity contribution in [3.63, 3.8) is 0 Å². The molecule has 18 heavy (non-hydrogen) atoms. The predicted octanol–water partition coefficient (Wildman–Crippen LogP) is 5.01. The van der Waals surface area contributed by atoms with Crippen LogP contribution in [0.15, 0.2) is 17.0 Å². The van der Waals surface area contributed by atoms with Crippen molar-refractivity contribution in [3.8, 4) is 0 Å². The molecule has 0 amide bonds. The zero-order chi connectivity index (χ0) is 14.1. The van der Waals surface area contributed by atoms with Crippen LogP contribution in [-0.2, 0) is 18.8 Å². The van der Waals surface area contributed by atoms with Gasteiger partial charge in [-0.15, -0.1) is 11.8 Å². The van der Waals surface area contributed by atoms with E-state index in [1.54, 1.807) is 0 Å². The van der Waals surface area contributed by atoms with Crippen LogP contribution in [0, 0.1) is 0 Å². The molecule has 0 atom stereocenters. The van der Waals surface area contributed by atoms with Crippen molar-refractivity contribution >= 4 is 11.8 Å². The van der Waals surface area contributed by atoms with Crippen LogP contribution < -0.4 is 0 Å². The second kappa shape index (κ2) is 5.03. The van der Waals surface area contributed by atoms with Gasteiger partial charge in [0.05, 0.1) is 11.1 Å². The lowest BCUT2D eigenvalue weighted by molar-refractivity contribution is -0.143. The van der Waals surface area contributed by atoms with E-state index in [4.69, 9.17) is 0 Å². The molecule has 0 saturated heterocycles. The number of benzene rings is 1. The Morgan fingerprint density at radius 2 is 1.39 bits per heavy atom. The fourth-order valence-electron chi connectivity index (χ4n) is 1.70. The normalized spacial score (nSPS) is 12.9. The molecule has 102 valence electrons. The number of hydrogen-bond acceptors (Lipinski definition) is 1. The Balaban J connectivity index is 3.57. The van der Waals surface area contributed by atoms with Gasteiger partial charge in [0.2, 0.25) is 0 Å². The average Bonchev–Trinajstić information content (AvgIpc) is 2.24. The summed E-state index contributed by atoms with van der Waals surface area (Å²) in [5, 5.41) is 0. The first-order valence-electron chi connectivity index (χ1n) is 4.97. The summed E-state index contributed by atoms with van der Waals surface area (Å²) in [5.74, 6) is 0. The van der Waals surface area contributed by atoms with Gasteiger partial charge in [0.1, 0.15) is 0 Å². The van der Waals surface area contributed by atoms with E-state index < -0.39 is 23.5 Å². The average molecular weight is 288 g/mol. The maximum absolute atomic E-state index is 12.7. The molecule has 0 aliphatic rings. The Labute approximate surface area is 104 Å². The fourth-order valence-corrected chi connectivity index (χ4v) is 2.61. The van der Waals surface area contributed by atoms with E-state index in [0.717, 1.165) is 0 Å². The van der Waals surface area contributed by atoms with Crippen LogP contribution in [0.1, 0.15) is 23.6 Å². The summed E-state index contributed by atoms with van der Waals surface area (Å²) in [6.45, 7) is 1.41. The van der Waals surface area contributed by atoms with Crippen LogP contribution in [0.3, 0.4) is 0 Å². The quantitative estimate of drug-likeness (QED) is 0.544. The van der Waals surface area contributed by atoms with Gasteiger partial charge in [-0.1, -0.05) is 6.92 Å². The molecule has 1 rings (SSSR count). The second-order valence-electron chi connectivity index (χ2n) is 3.52. The van der Waals surface area contributed by atoms with Crippen LogP contribution in [0.25, 0.3) is 0 Å². The molecule has 0 aromatic heterocycles. The van der Waals surface area contributed by atoms with Gasteiger partial charge in [0.25, 0.3) is 0 Å². The summed E-state index contributed by atoms with van der Waals surface area (Å²) in [7, 11) is 0. The van der Waals surface area contributed by atoms with E-state index in [-0.39, 0.29) is 16.9 Å². The largest absolute Gasteiger partial charge is 0.417 e. The summed E-state index contributed by atoms with van der Waals surface area (Å²) in [5.41, 5.74) is -2.31. The smallest absolute Gasteiger partial charge is 0.166 e. The molecular weight excluding hydrogens is 278 g/mol. The molecule has 0 aliphatic heterocycles. The third kappa shape index (κ3) is 2.93. The van der Waals surface area contributed by atoms with Crippen molar-refractivity contribution in [2.24, 2.45) is 0 Å². The van der Waals surface area contributed by atoms with Crippen molar-refractivity contribution in [2.75, 3.05) is 6.26 Å². The second-order valence-corrected chi connectivity index (χ2v) is 4.34. The Morgan fingerprint density at radius 3 is 1.72 bits per heavy atom. The molecule has 0 bridgehead atoms. The Hall–Kier alpha value is -0.850. The maximum Gasteiger partial charge on any atom is 0.417 e. The van der Waals surface area contributed by atoms with Crippen LogP contribution in [-0.4, -0.2) is 6.26 Å². The summed E-state index contributed by atoms with van der Waals surface area (Å²) in [4.78, 5) is -0.347. The summed E-state index contributed by atoms with van der Waals surface area (Å²) in [6, 6.07) is 0.995. The van der Waals surface area contributed by atoms with Crippen molar-refractivity contribution in [2.45, 2.75) is 30.6 Å². The molecule has 0 aliphatic carbocycles. The first kappa shape index (κ1) is 15.2. The van der Waals surface area contributed by atoms with E-state index in [9.17, 15) is 26.3 Å². The Bertz CT molecular complexity index is 391. The summed E-state index contributed by atoms with van der Waals surface area (Å²) in [6.07, 6.45) is -8.05. The van der Waals surface area contributed by atoms with Gasteiger partial charge in [-0.2, -0.15) is 26.3 Å². The highest BCUT2D eigenvalue weighted by Gasteiger charge is 2.39. The molecule has 0 radical (unpaired) electrons. The molecule has 0 unspecified atom stereocenters. The van der Waals surface area contributed by atoms with Crippen molar-refractivity contribution in [3.05, 3.63) is 28.8 Å².